The molecule has 2 aliphatic rings. The van der Waals surface area contributed by atoms with Gasteiger partial charge in [-0.05, 0) is 48.8 Å². The van der Waals surface area contributed by atoms with Crippen molar-refractivity contribution in [2.75, 3.05) is 7.11 Å². The highest BCUT2D eigenvalue weighted by atomic mass is 16.5. The first-order valence-corrected chi connectivity index (χ1v) is 6.42. The minimum atomic E-state index is 0.348. The highest BCUT2D eigenvalue weighted by Gasteiger charge is 2.47. The second kappa shape index (κ2) is 4.17. The zero-order valence-electron chi connectivity index (χ0n) is 10.2. The van der Waals surface area contributed by atoms with Crippen LogP contribution in [0, 0.1) is 17.8 Å². The highest BCUT2D eigenvalue weighted by Crippen LogP contribution is 2.54. The summed E-state index contributed by atoms with van der Waals surface area (Å²) in [7, 11) is 1.66. The number of hydrogen-bond donors (Lipinski definition) is 0. The number of fused-ring (bicyclic) bond motifs is 1. The number of Topliss-reactive ketones (excluding diaryl/α,β-unsaturated/α-hetero) is 1. The molecule has 1 aromatic carbocycles. The molecule has 3 rings (SSSR count). The number of hydrogen-bond acceptors (Lipinski definition) is 2. The van der Waals surface area contributed by atoms with E-state index in [9.17, 15) is 4.79 Å². The monoisotopic (exact) mass is 230 g/mol. The van der Waals surface area contributed by atoms with Gasteiger partial charge in [0, 0.05) is 12.3 Å². The number of ketones is 1. The Morgan fingerprint density at radius 3 is 2.41 bits per heavy atom. The second-order valence-corrected chi connectivity index (χ2v) is 5.42. The number of carbonyl (C=O) groups is 1. The molecule has 2 nitrogen and oxygen atoms in total. The second-order valence-electron chi connectivity index (χ2n) is 5.42. The molecule has 2 heteroatoms. The van der Waals surface area contributed by atoms with Gasteiger partial charge in [-0.2, -0.15) is 0 Å². The van der Waals surface area contributed by atoms with Crippen LogP contribution in [-0.2, 0) is 11.2 Å². The van der Waals surface area contributed by atoms with E-state index in [1.54, 1.807) is 7.11 Å². The van der Waals surface area contributed by atoms with Crippen molar-refractivity contribution in [1.82, 2.24) is 0 Å². The molecule has 90 valence electrons. The lowest BCUT2D eigenvalue weighted by molar-refractivity contribution is -0.122. The van der Waals surface area contributed by atoms with E-state index in [2.05, 4.69) is 0 Å². The first-order chi connectivity index (χ1) is 8.26. The maximum atomic E-state index is 12.1. The minimum Gasteiger partial charge on any atom is -0.497 e. The first-order valence-electron chi connectivity index (χ1n) is 6.42. The summed E-state index contributed by atoms with van der Waals surface area (Å²) in [5, 5.41) is 0. The molecule has 2 unspecified atom stereocenters. The van der Waals surface area contributed by atoms with Crippen LogP contribution in [-0.4, -0.2) is 12.9 Å². The smallest absolute Gasteiger partial charge is 0.140 e. The fourth-order valence-corrected chi connectivity index (χ4v) is 3.07. The molecule has 2 aliphatic carbocycles. The van der Waals surface area contributed by atoms with Gasteiger partial charge in [0.1, 0.15) is 11.5 Å². The van der Waals surface area contributed by atoms with E-state index in [1.807, 2.05) is 24.3 Å². The molecule has 1 aromatic rings. The number of benzene rings is 1. The summed E-state index contributed by atoms with van der Waals surface area (Å²) in [4.78, 5) is 12.1. The zero-order chi connectivity index (χ0) is 11.8. The summed E-state index contributed by atoms with van der Waals surface area (Å²) in [6, 6.07) is 7.84. The van der Waals surface area contributed by atoms with Gasteiger partial charge < -0.3 is 4.74 Å². The third-order valence-corrected chi connectivity index (χ3v) is 4.24. The molecule has 0 bridgehead atoms. The Morgan fingerprint density at radius 2 is 1.82 bits per heavy atom. The van der Waals surface area contributed by atoms with Crippen molar-refractivity contribution in [2.24, 2.45) is 17.8 Å². The lowest BCUT2D eigenvalue weighted by atomic mass is 9.94. The fraction of sp³-hybridized carbons (Fsp3) is 0.533. The molecule has 2 fully saturated rings. The van der Waals surface area contributed by atoms with Crippen molar-refractivity contribution >= 4 is 5.78 Å². The van der Waals surface area contributed by atoms with Gasteiger partial charge in [0.2, 0.25) is 0 Å². The van der Waals surface area contributed by atoms with Crippen molar-refractivity contribution in [2.45, 2.75) is 25.7 Å². The number of methoxy groups -OCH3 is 1. The van der Waals surface area contributed by atoms with E-state index in [0.29, 0.717) is 18.1 Å². The van der Waals surface area contributed by atoms with Gasteiger partial charge in [0.25, 0.3) is 0 Å². The standard InChI is InChI=1S/C15H18O2/c1-17-14-4-2-10(3-5-14)6-15(16)13-8-11-7-12(11)9-13/h2-5,11-13H,6-9H2,1H3. The summed E-state index contributed by atoms with van der Waals surface area (Å²) in [5.74, 6) is 3.41. The van der Waals surface area contributed by atoms with Gasteiger partial charge in [-0.25, -0.2) is 0 Å². The van der Waals surface area contributed by atoms with Crippen LogP contribution in [0.3, 0.4) is 0 Å². The summed E-state index contributed by atoms with van der Waals surface area (Å²) in [5.41, 5.74) is 1.11. The predicted molar refractivity (Wildman–Crippen MR) is 66.0 cm³/mol. The minimum absolute atomic E-state index is 0.348. The number of rotatable bonds is 4. The number of carbonyl (C=O) groups excluding carboxylic acids is 1. The Labute approximate surface area is 102 Å². The Morgan fingerprint density at radius 1 is 1.18 bits per heavy atom. The summed E-state index contributed by atoms with van der Waals surface area (Å²) in [6.07, 6.45) is 4.28. The molecular weight excluding hydrogens is 212 g/mol. The lowest BCUT2D eigenvalue weighted by Gasteiger charge is -2.10. The van der Waals surface area contributed by atoms with Crippen LogP contribution in [0.2, 0.25) is 0 Å². The fourth-order valence-electron chi connectivity index (χ4n) is 3.07. The van der Waals surface area contributed by atoms with Crippen molar-refractivity contribution in [3.8, 4) is 5.75 Å². The molecule has 2 saturated carbocycles. The Kier molecular flexibility index (Phi) is 2.65. The Balaban J connectivity index is 1.59. The molecule has 17 heavy (non-hydrogen) atoms. The summed E-state index contributed by atoms with van der Waals surface area (Å²) < 4.78 is 5.11. The lowest BCUT2D eigenvalue weighted by Crippen LogP contribution is -2.15. The summed E-state index contributed by atoms with van der Waals surface area (Å²) in [6.45, 7) is 0. The highest BCUT2D eigenvalue weighted by molar-refractivity contribution is 5.83. The SMILES string of the molecule is COc1ccc(CC(=O)C2CC3CC3C2)cc1. The quantitative estimate of drug-likeness (QED) is 0.795. The van der Waals surface area contributed by atoms with Crippen molar-refractivity contribution in [3.63, 3.8) is 0 Å². The van der Waals surface area contributed by atoms with Crippen LogP contribution < -0.4 is 4.74 Å². The van der Waals surface area contributed by atoms with Crippen molar-refractivity contribution < 1.29 is 9.53 Å². The maximum Gasteiger partial charge on any atom is 0.140 e. The van der Waals surface area contributed by atoms with Gasteiger partial charge in [-0.1, -0.05) is 12.1 Å². The molecule has 0 aromatic heterocycles. The van der Waals surface area contributed by atoms with E-state index in [4.69, 9.17) is 4.74 Å². The summed E-state index contributed by atoms with van der Waals surface area (Å²) >= 11 is 0. The molecule has 0 heterocycles. The van der Waals surface area contributed by atoms with Crippen LogP contribution in [0.25, 0.3) is 0 Å². The van der Waals surface area contributed by atoms with Crippen LogP contribution in [0.1, 0.15) is 24.8 Å². The van der Waals surface area contributed by atoms with Gasteiger partial charge in [0.15, 0.2) is 0 Å². The Hall–Kier alpha value is -1.31. The van der Waals surface area contributed by atoms with Gasteiger partial charge in [0.05, 0.1) is 7.11 Å². The molecule has 0 amide bonds. The van der Waals surface area contributed by atoms with Crippen LogP contribution >= 0.6 is 0 Å². The van der Waals surface area contributed by atoms with Crippen molar-refractivity contribution in [1.29, 1.82) is 0 Å². The van der Waals surface area contributed by atoms with Crippen LogP contribution in [0.4, 0.5) is 0 Å². The van der Waals surface area contributed by atoms with Crippen molar-refractivity contribution in [3.05, 3.63) is 29.8 Å². The molecule has 0 saturated heterocycles. The average Bonchev–Trinajstić information content (AvgIpc) is 2.97. The topological polar surface area (TPSA) is 26.3 Å². The molecule has 0 radical (unpaired) electrons. The largest absolute Gasteiger partial charge is 0.497 e. The van der Waals surface area contributed by atoms with Crippen LogP contribution in [0.15, 0.2) is 24.3 Å². The Bertz CT molecular complexity index is 411. The normalized spacial score (nSPS) is 29.8. The van der Waals surface area contributed by atoms with Gasteiger partial charge in [-0.15, -0.1) is 0 Å². The molecule has 0 spiro atoms. The van der Waals surface area contributed by atoms with Gasteiger partial charge in [-0.3, -0.25) is 4.79 Å². The molecule has 2 atom stereocenters. The zero-order valence-corrected chi connectivity index (χ0v) is 10.2. The molecule has 0 N–H and O–H groups in total. The van der Waals surface area contributed by atoms with Crippen LogP contribution in [0.5, 0.6) is 5.75 Å². The van der Waals surface area contributed by atoms with E-state index in [-0.39, 0.29) is 0 Å². The molecule has 0 aliphatic heterocycles. The maximum absolute atomic E-state index is 12.1. The van der Waals surface area contributed by atoms with Gasteiger partial charge >= 0.3 is 0 Å². The number of ether oxygens (including phenoxy) is 1. The van der Waals surface area contributed by atoms with E-state index in [0.717, 1.165) is 36.0 Å². The third kappa shape index (κ3) is 2.21. The van der Waals surface area contributed by atoms with E-state index < -0.39 is 0 Å². The first kappa shape index (κ1) is 10.8. The van der Waals surface area contributed by atoms with E-state index in [1.165, 1.54) is 6.42 Å². The van der Waals surface area contributed by atoms with E-state index >= 15 is 0 Å². The average molecular weight is 230 g/mol. The third-order valence-electron chi connectivity index (χ3n) is 4.24. The predicted octanol–water partition coefficient (Wildman–Crippen LogP) is 2.85. The molecular formula is C15H18O2.